The summed E-state index contributed by atoms with van der Waals surface area (Å²) in [5, 5.41) is 0.966. The number of sulfone groups is 1. The average Bonchev–Trinajstić information content (AvgIpc) is 2.89. The number of para-hydroxylation sites is 1. The normalized spacial score (nSPS) is 12.0. The molecule has 22 heavy (non-hydrogen) atoms. The first-order valence-electron chi connectivity index (χ1n) is 6.73. The third-order valence-electron chi connectivity index (χ3n) is 3.55. The summed E-state index contributed by atoms with van der Waals surface area (Å²) >= 11 is 5.92. The minimum absolute atomic E-state index is 0.167. The van der Waals surface area contributed by atoms with Gasteiger partial charge in [-0.05, 0) is 29.7 Å². The van der Waals surface area contributed by atoms with Gasteiger partial charge in [-0.15, -0.1) is 0 Å². The first-order valence-corrected chi connectivity index (χ1v) is 9.00. The van der Waals surface area contributed by atoms with Crippen LogP contribution >= 0.6 is 11.6 Å². The van der Waals surface area contributed by atoms with Crippen molar-refractivity contribution in [2.24, 2.45) is 0 Å². The minimum atomic E-state index is -3.31. The zero-order valence-corrected chi connectivity index (χ0v) is 13.7. The van der Waals surface area contributed by atoms with Gasteiger partial charge in [-0.3, -0.25) is 0 Å². The number of hydrogen-bond donors (Lipinski definition) is 1. The van der Waals surface area contributed by atoms with Crippen LogP contribution in [0.4, 0.5) is 0 Å². The molecular formula is C15H14ClN3O2S. The highest BCUT2D eigenvalue weighted by molar-refractivity contribution is 7.91. The molecule has 0 fully saturated rings. The number of hydrogen-bond acceptors (Lipinski definition) is 4. The number of H-pyrrole nitrogens is 1. The summed E-state index contributed by atoms with van der Waals surface area (Å²) in [6, 6.07) is 5.18. The number of nitrogens with one attached hydrogen (secondary N) is 1. The minimum Gasteiger partial charge on any atom is -0.359 e. The van der Waals surface area contributed by atoms with Gasteiger partial charge in [0.1, 0.15) is 0 Å². The molecule has 0 saturated heterocycles. The van der Waals surface area contributed by atoms with Gasteiger partial charge in [0.2, 0.25) is 5.28 Å². The highest BCUT2D eigenvalue weighted by Crippen LogP contribution is 2.33. The van der Waals surface area contributed by atoms with Crippen molar-refractivity contribution in [3.63, 3.8) is 0 Å². The largest absolute Gasteiger partial charge is 0.359 e. The molecule has 1 N–H and O–H groups in total. The first kappa shape index (κ1) is 15.0. The number of fused-ring (bicyclic) bond motifs is 1. The highest BCUT2D eigenvalue weighted by Gasteiger charge is 2.17. The van der Waals surface area contributed by atoms with Crippen LogP contribution in [0.15, 0.2) is 35.5 Å². The van der Waals surface area contributed by atoms with E-state index in [1.54, 1.807) is 24.5 Å². The zero-order chi connectivity index (χ0) is 15.9. The molecule has 0 aliphatic rings. The molecule has 0 saturated carbocycles. The van der Waals surface area contributed by atoms with E-state index >= 15 is 0 Å². The van der Waals surface area contributed by atoms with Crippen molar-refractivity contribution >= 4 is 32.3 Å². The number of benzene rings is 1. The summed E-state index contributed by atoms with van der Waals surface area (Å²) < 4.78 is 23.8. The number of aromatic nitrogens is 3. The van der Waals surface area contributed by atoms with Crippen LogP contribution in [0.5, 0.6) is 0 Å². The van der Waals surface area contributed by atoms with Crippen molar-refractivity contribution in [1.82, 2.24) is 15.0 Å². The molecule has 5 nitrogen and oxygen atoms in total. The molecule has 7 heteroatoms. The van der Waals surface area contributed by atoms with E-state index in [2.05, 4.69) is 15.0 Å². The molecule has 0 aliphatic heterocycles. The second kappa shape index (κ2) is 5.37. The Morgan fingerprint density at radius 2 is 2.09 bits per heavy atom. The van der Waals surface area contributed by atoms with Crippen LogP contribution < -0.4 is 0 Å². The number of halogens is 1. The first-order chi connectivity index (χ1) is 10.4. The predicted molar refractivity (Wildman–Crippen MR) is 86.8 cm³/mol. The molecule has 0 amide bonds. The second-order valence-electron chi connectivity index (χ2n) is 5.02. The van der Waals surface area contributed by atoms with Gasteiger partial charge in [0, 0.05) is 29.6 Å². The fourth-order valence-corrected chi connectivity index (χ4v) is 3.51. The Labute approximate surface area is 133 Å². The van der Waals surface area contributed by atoms with Crippen LogP contribution in [0.25, 0.3) is 22.2 Å². The number of aromatic amines is 1. The Morgan fingerprint density at radius 1 is 1.32 bits per heavy atom. The van der Waals surface area contributed by atoms with Crippen LogP contribution in [-0.4, -0.2) is 29.6 Å². The molecule has 0 spiro atoms. The molecule has 0 unspecified atom stereocenters. The topological polar surface area (TPSA) is 75.7 Å². The van der Waals surface area contributed by atoms with E-state index in [9.17, 15) is 8.42 Å². The molecule has 2 heterocycles. The SMILES string of the molecule is CCc1cnc(Cl)nc1-c1c[nH]c2c(S(C)(=O)=O)cccc12. The summed E-state index contributed by atoms with van der Waals surface area (Å²) in [6.45, 7) is 2.01. The van der Waals surface area contributed by atoms with Gasteiger partial charge >= 0.3 is 0 Å². The van der Waals surface area contributed by atoms with Crippen LogP contribution in [-0.2, 0) is 16.3 Å². The van der Waals surface area contributed by atoms with Crippen molar-refractivity contribution in [1.29, 1.82) is 0 Å². The van der Waals surface area contributed by atoms with E-state index in [4.69, 9.17) is 11.6 Å². The fraction of sp³-hybridized carbons (Fsp3) is 0.200. The molecule has 0 atom stereocenters. The Hall–Kier alpha value is -1.92. The molecule has 1 aromatic carbocycles. The fourth-order valence-electron chi connectivity index (χ4n) is 2.51. The maximum Gasteiger partial charge on any atom is 0.222 e. The van der Waals surface area contributed by atoms with Gasteiger partial charge in [0.05, 0.1) is 16.1 Å². The predicted octanol–water partition coefficient (Wildman–Crippen LogP) is 3.24. The maximum absolute atomic E-state index is 11.9. The van der Waals surface area contributed by atoms with Gasteiger partial charge in [-0.25, -0.2) is 18.4 Å². The Balaban J connectivity index is 2.33. The molecular weight excluding hydrogens is 322 g/mol. The van der Waals surface area contributed by atoms with Crippen LogP contribution in [0.2, 0.25) is 5.28 Å². The van der Waals surface area contributed by atoms with Gasteiger partial charge in [0.15, 0.2) is 9.84 Å². The second-order valence-corrected chi connectivity index (χ2v) is 7.34. The van der Waals surface area contributed by atoms with E-state index in [-0.39, 0.29) is 10.2 Å². The summed E-state index contributed by atoms with van der Waals surface area (Å²) in [5.41, 5.74) is 3.08. The molecule has 2 aromatic heterocycles. The lowest BCUT2D eigenvalue weighted by atomic mass is 10.0. The molecule has 0 aliphatic carbocycles. The lowest BCUT2D eigenvalue weighted by Crippen LogP contribution is -1.98. The van der Waals surface area contributed by atoms with Crippen LogP contribution in [0.3, 0.4) is 0 Å². The lowest BCUT2D eigenvalue weighted by Gasteiger charge is -2.06. The number of nitrogens with zero attached hydrogens (tertiary/aromatic N) is 2. The quantitative estimate of drug-likeness (QED) is 0.745. The van der Waals surface area contributed by atoms with E-state index < -0.39 is 9.84 Å². The van der Waals surface area contributed by atoms with Crippen molar-refractivity contribution in [2.75, 3.05) is 6.26 Å². The summed E-state index contributed by atoms with van der Waals surface area (Å²) in [6.07, 6.45) is 5.41. The number of aryl methyl sites for hydroxylation is 1. The lowest BCUT2D eigenvalue weighted by molar-refractivity contribution is 0.602. The van der Waals surface area contributed by atoms with E-state index in [0.717, 1.165) is 28.6 Å². The summed E-state index contributed by atoms with van der Waals surface area (Å²) in [5.74, 6) is 0. The van der Waals surface area contributed by atoms with E-state index in [1.807, 2.05) is 13.0 Å². The van der Waals surface area contributed by atoms with Crippen molar-refractivity contribution in [2.45, 2.75) is 18.2 Å². The van der Waals surface area contributed by atoms with Gasteiger partial charge in [-0.1, -0.05) is 19.1 Å². The monoisotopic (exact) mass is 335 g/mol. The molecule has 114 valence electrons. The van der Waals surface area contributed by atoms with Gasteiger partial charge < -0.3 is 4.98 Å². The van der Waals surface area contributed by atoms with E-state index in [1.165, 1.54) is 6.26 Å². The van der Waals surface area contributed by atoms with E-state index in [0.29, 0.717) is 5.52 Å². The standard InChI is InChI=1S/C15H14ClN3O2S/c1-3-9-7-18-15(16)19-13(9)11-8-17-14-10(11)5-4-6-12(14)22(2,20)21/h4-8,17H,3H2,1-2H3. The third-order valence-corrected chi connectivity index (χ3v) is 4.87. The molecule has 0 bridgehead atoms. The smallest absolute Gasteiger partial charge is 0.222 e. The summed E-state index contributed by atoms with van der Waals surface area (Å²) in [7, 11) is -3.31. The van der Waals surface area contributed by atoms with Crippen LogP contribution in [0.1, 0.15) is 12.5 Å². The Morgan fingerprint density at radius 3 is 2.77 bits per heavy atom. The molecule has 3 aromatic rings. The third kappa shape index (κ3) is 2.48. The summed E-state index contributed by atoms with van der Waals surface area (Å²) in [4.78, 5) is 11.6. The zero-order valence-electron chi connectivity index (χ0n) is 12.1. The van der Waals surface area contributed by atoms with Crippen molar-refractivity contribution in [3.8, 4) is 11.3 Å². The van der Waals surface area contributed by atoms with Crippen molar-refractivity contribution < 1.29 is 8.42 Å². The molecule has 3 rings (SSSR count). The Bertz CT molecular complexity index is 964. The Kier molecular flexibility index (Phi) is 3.66. The van der Waals surface area contributed by atoms with Gasteiger partial charge in [0.25, 0.3) is 0 Å². The highest BCUT2D eigenvalue weighted by atomic mass is 35.5. The maximum atomic E-state index is 11.9. The molecule has 0 radical (unpaired) electrons. The number of rotatable bonds is 3. The average molecular weight is 336 g/mol. The van der Waals surface area contributed by atoms with Crippen LogP contribution in [0, 0.1) is 0 Å². The van der Waals surface area contributed by atoms with Crippen molar-refractivity contribution in [3.05, 3.63) is 41.4 Å². The van der Waals surface area contributed by atoms with Gasteiger partial charge in [-0.2, -0.15) is 0 Å².